The van der Waals surface area contributed by atoms with E-state index in [0.717, 1.165) is 52.9 Å². The first-order chi connectivity index (χ1) is 21.0. The SMILES string of the molecule is Cc1ccc(C(C)C)c(N2C(=O)CS/C2=N\C(=S)NCCCc2ccc(-c3ncn(-c4ccc(C(F)(F)F)cc4)n3)cc2)c1. The summed E-state index contributed by atoms with van der Waals surface area (Å²) in [6, 6.07) is 18.8. The van der Waals surface area contributed by atoms with Crippen LogP contribution in [0.1, 0.15) is 48.4 Å². The topological polar surface area (TPSA) is 75.4 Å². The van der Waals surface area contributed by atoms with E-state index in [-0.39, 0.29) is 11.8 Å². The zero-order valence-corrected chi connectivity index (χ0v) is 26.1. The van der Waals surface area contributed by atoms with Crippen molar-refractivity contribution in [2.45, 2.75) is 45.7 Å². The Hall–Kier alpha value is -4.03. The molecule has 1 aliphatic rings. The van der Waals surface area contributed by atoms with E-state index in [9.17, 15) is 18.0 Å². The number of halogens is 3. The summed E-state index contributed by atoms with van der Waals surface area (Å²) >= 11 is 6.88. The van der Waals surface area contributed by atoms with Gasteiger partial charge in [-0.15, -0.1) is 5.10 Å². The molecule has 0 bridgehead atoms. The van der Waals surface area contributed by atoms with Crippen LogP contribution in [0.3, 0.4) is 0 Å². The van der Waals surface area contributed by atoms with Crippen molar-refractivity contribution in [3.05, 3.63) is 95.3 Å². The van der Waals surface area contributed by atoms with E-state index >= 15 is 0 Å². The van der Waals surface area contributed by atoms with Gasteiger partial charge in [-0.25, -0.2) is 9.67 Å². The maximum Gasteiger partial charge on any atom is 0.416 e. The average molecular weight is 637 g/mol. The number of rotatable bonds is 8. The second kappa shape index (κ2) is 13.3. The molecular formula is C32H31F3N6OS2. The molecule has 1 N–H and O–H groups in total. The summed E-state index contributed by atoms with van der Waals surface area (Å²) in [5, 5.41) is 8.54. The molecule has 0 unspecified atom stereocenters. The van der Waals surface area contributed by atoms with Gasteiger partial charge in [0.1, 0.15) is 6.33 Å². The van der Waals surface area contributed by atoms with Gasteiger partial charge < -0.3 is 5.32 Å². The molecule has 4 aromatic rings. The van der Waals surface area contributed by atoms with Crippen LogP contribution in [-0.4, -0.2) is 43.2 Å². The number of anilines is 1. The number of aliphatic imine (C=N–C) groups is 1. The van der Waals surface area contributed by atoms with Gasteiger partial charge in [0.2, 0.25) is 5.91 Å². The van der Waals surface area contributed by atoms with E-state index in [4.69, 9.17) is 12.2 Å². The molecule has 0 spiro atoms. The number of nitrogens with zero attached hydrogens (tertiary/aromatic N) is 5. The van der Waals surface area contributed by atoms with Crippen LogP contribution in [0, 0.1) is 6.92 Å². The number of thiocarbonyl (C=S) groups is 1. The van der Waals surface area contributed by atoms with Gasteiger partial charge in [-0.05, 0) is 84.9 Å². The van der Waals surface area contributed by atoms with Gasteiger partial charge in [-0.3, -0.25) is 9.69 Å². The van der Waals surface area contributed by atoms with Crippen LogP contribution < -0.4 is 10.2 Å². The average Bonchev–Trinajstić information content (AvgIpc) is 3.62. The first kappa shape index (κ1) is 31.4. The smallest absolute Gasteiger partial charge is 0.361 e. The van der Waals surface area contributed by atoms with Gasteiger partial charge in [0.25, 0.3) is 0 Å². The Morgan fingerprint density at radius 1 is 1.09 bits per heavy atom. The van der Waals surface area contributed by atoms with Gasteiger partial charge in [-0.1, -0.05) is 62.0 Å². The highest BCUT2D eigenvalue weighted by Crippen LogP contribution is 2.34. The monoisotopic (exact) mass is 636 g/mol. The number of nitrogens with one attached hydrogen (secondary N) is 1. The van der Waals surface area contributed by atoms with Crippen molar-refractivity contribution in [1.29, 1.82) is 0 Å². The molecule has 228 valence electrons. The van der Waals surface area contributed by atoms with E-state index in [1.165, 1.54) is 34.9 Å². The van der Waals surface area contributed by atoms with Crippen LogP contribution in [0.15, 0.2) is 78.0 Å². The predicted octanol–water partition coefficient (Wildman–Crippen LogP) is 7.33. The first-order valence-corrected chi connectivity index (χ1v) is 15.5. The van der Waals surface area contributed by atoms with E-state index in [1.807, 2.05) is 37.3 Å². The summed E-state index contributed by atoms with van der Waals surface area (Å²) in [4.78, 5) is 23.4. The van der Waals surface area contributed by atoms with Crippen LogP contribution in [-0.2, 0) is 17.4 Å². The number of aryl methyl sites for hydroxylation is 2. The minimum atomic E-state index is -4.39. The summed E-state index contributed by atoms with van der Waals surface area (Å²) in [5.41, 5.74) is 4.73. The number of carbonyl (C=O) groups is 1. The first-order valence-electron chi connectivity index (χ1n) is 14.1. The van der Waals surface area contributed by atoms with Crippen LogP contribution in [0.4, 0.5) is 18.9 Å². The number of carbonyl (C=O) groups excluding carboxylic acids is 1. The fourth-order valence-electron chi connectivity index (χ4n) is 4.77. The highest BCUT2D eigenvalue weighted by molar-refractivity contribution is 8.15. The molecule has 0 radical (unpaired) electrons. The number of hydrogen-bond acceptors (Lipinski definition) is 5. The molecule has 5 rings (SSSR count). The lowest BCUT2D eigenvalue weighted by Crippen LogP contribution is -2.32. The van der Waals surface area contributed by atoms with Crippen molar-refractivity contribution in [2.75, 3.05) is 17.2 Å². The predicted molar refractivity (Wildman–Crippen MR) is 173 cm³/mol. The van der Waals surface area contributed by atoms with Gasteiger partial charge in [0.05, 0.1) is 22.7 Å². The van der Waals surface area contributed by atoms with Gasteiger partial charge >= 0.3 is 6.18 Å². The number of hydrogen-bond donors (Lipinski definition) is 1. The maximum absolute atomic E-state index is 12.8. The van der Waals surface area contributed by atoms with Crippen molar-refractivity contribution in [3.63, 3.8) is 0 Å². The van der Waals surface area contributed by atoms with Crippen molar-refractivity contribution < 1.29 is 18.0 Å². The molecule has 0 aliphatic carbocycles. The molecule has 1 amide bonds. The Morgan fingerprint density at radius 3 is 2.50 bits per heavy atom. The quantitative estimate of drug-likeness (QED) is 0.161. The largest absolute Gasteiger partial charge is 0.416 e. The minimum absolute atomic E-state index is 0.00551. The minimum Gasteiger partial charge on any atom is -0.361 e. The van der Waals surface area contributed by atoms with E-state index < -0.39 is 11.7 Å². The summed E-state index contributed by atoms with van der Waals surface area (Å²) in [5.74, 6) is 1.05. The molecule has 1 saturated heterocycles. The Morgan fingerprint density at radius 2 is 1.82 bits per heavy atom. The molecule has 1 aromatic heterocycles. The van der Waals surface area contributed by atoms with Crippen molar-refractivity contribution in [1.82, 2.24) is 20.1 Å². The number of amides is 1. The number of alkyl halides is 3. The molecule has 0 atom stereocenters. The fourth-order valence-corrected chi connectivity index (χ4v) is 5.89. The zero-order valence-electron chi connectivity index (χ0n) is 24.4. The molecule has 7 nitrogen and oxygen atoms in total. The van der Waals surface area contributed by atoms with Crippen LogP contribution in [0.5, 0.6) is 0 Å². The lowest BCUT2D eigenvalue weighted by atomic mass is 9.99. The zero-order chi connectivity index (χ0) is 31.4. The summed E-state index contributed by atoms with van der Waals surface area (Å²) < 4.78 is 40.0. The summed E-state index contributed by atoms with van der Waals surface area (Å²) in [6.07, 6.45) is -1.29. The maximum atomic E-state index is 12.8. The molecule has 0 saturated carbocycles. The molecule has 44 heavy (non-hydrogen) atoms. The van der Waals surface area contributed by atoms with Gasteiger partial charge in [-0.2, -0.15) is 18.2 Å². The summed E-state index contributed by atoms with van der Waals surface area (Å²) in [6.45, 7) is 6.84. The van der Waals surface area contributed by atoms with Crippen LogP contribution in [0.25, 0.3) is 17.1 Å². The highest BCUT2D eigenvalue weighted by atomic mass is 32.2. The van der Waals surface area contributed by atoms with Crippen LogP contribution >= 0.6 is 24.0 Å². The fraction of sp³-hybridized carbons (Fsp3) is 0.281. The van der Waals surface area contributed by atoms with Gasteiger partial charge in [0, 0.05) is 12.1 Å². The molecule has 1 aliphatic heterocycles. The molecule has 12 heteroatoms. The standard InChI is InChI=1S/C32H31F3N6OS2/c1-20(2)26-15-6-21(3)17-27(26)41-28(42)18-44-31(41)38-30(43)36-16-4-5-22-7-9-23(10-8-22)29-37-19-40(39-29)25-13-11-24(12-14-25)32(33,34)35/h6-15,17,19-20H,4-5,16,18H2,1-3H3,(H,36,43)/b38-31-. The van der Waals surface area contributed by atoms with Crippen molar-refractivity contribution >= 4 is 45.9 Å². The number of benzene rings is 3. The summed E-state index contributed by atoms with van der Waals surface area (Å²) in [7, 11) is 0. The Balaban J connectivity index is 1.14. The Labute approximate surface area is 263 Å². The normalized spacial score (nSPS) is 14.6. The molecule has 3 aromatic carbocycles. The number of aromatic nitrogens is 3. The van der Waals surface area contributed by atoms with Gasteiger partial charge in [0.15, 0.2) is 16.1 Å². The Kier molecular flexibility index (Phi) is 9.50. The lowest BCUT2D eigenvalue weighted by Gasteiger charge is -2.22. The van der Waals surface area contributed by atoms with Crippen LogP contribution in [0.2, 0.25) is 0 Å². The van der Waals surface area contributed by atoms with Crippen molar-refractivity contribution in [3.8, 4) is 17.1 Å². The third kappa shape index (κ3) is 7.36. The molecule has 2 heterocycles. The second-order valence-electron chi connectivity index (χ2n) is 10.7. The molecule has 1 fully saturated rings. The Bertz CT molecular complexity index is 1680. The van der Waals surface area contributed by atoms with E-state index in [2.05, 4.69) is 46.4 Å². The highest BCUT2D eigenvalue weighted by Gasteiger charge is 2.32. The third-order valence-corrected chi connectivity index (χ3v) is 8.25. The number of thioether (sulfide) groups is 1. The second-order valence-corrected chi connectivity index (χ2v) is 12.0. The molecular weight excluding hydrogens is 606 g/mol. The lowest BCUT2D eigenvalue weighted by molar-refractivity contribution is -0.137. The van der Waals surface area contributed by atoms with Crippen molar-refractivity contribution in [2.24, 2.45) is 4.99 Å². The third-order valence-electron chi connectivity index (χ3n) is 7.09. The van der Waals surface area contributed by atoms with E-state index in [1.54, 1.807) is 4.90 Å². The van der Waals surface area contributed by atoms with E-state index in [0.29, 0.717) is 34.1 Å². The number of amidine groups is 1.